The largest absolute Gasteiger partial charge is 0.481 e. The van der Waals surface area contributed by atoms with Gasteiger partial charge in [-0.25, -0.2) is 0 Å². The lowest BCUT2D eigenvalue weighted by Gasteiger charge is -2.09. The summed E-state index contributed by atoms with van der Waals surface area (Å²) >= 11 is 0. The van der Waals surface area contributed by atoms with Gasteiger partial charge in [0.15, 0.2) is 0 Å². The maximum absolute atomic E-state index is 11.7. The van der Waals surface area contributed by atoms with E-state index in [2.05, 4.69) is 12.2 Å². The molecule has 0 aromatic rings. The van der Waals surface area contributed by atoms with Crippen LogP contribution >= 0.6 is 0 Å². The Morgan fingerprint density at radius 3 is 1.26 bits per heavy atom. The van der Waals surface area contributed by atoms with E-state index in [4.69, 9.17) is 47.7 Å². The zero-order valence-electron chi connectivity index (χ0n) is 28.9. The zero-order valence-corrected chi connectivity index (χ0v) is 28.9. The number of carboxylic acid groups (broad SMARTS) is 1. The van der Waals surface area contributed by atoms with Gasteiger partial charge in [-0.1, -0.05) is 45.4 Å². The highest BCUT2D eigenvalue weighted by atomic mass is 16.6. The molecule has 0 unspecified atom stereocenters. The third-order valence-corrected chi connectivity index (χ3v) is 6.43. The van der Waals surface area contributed by atoms with Crippen molar-refractivity contribution in [1.29, 1.82) is 0 Å². The minimum absolute atomic E-state index is 0.0109. The van der Waals surface area contributed by atoms with Gasteiger partial charge in [0.05, 0.1) is 106 Å². The standard InChI is InChI=1S/C33H63NO13/c1-2-3-4-5-6-7-8-10-33(38)47-30-29-46-28-27-45-26-25-44-24-23-43-22-21-42-20-19-41-18-17-40-16-15-39-14-9-13-34-31(35)11-12-32(36)37/h2-30H2,1H3,(H,34,35)(H,36,37). The van der Waals surface area contributed by atoms with Gasteiger partial charge in [0.2, 0.25) is 5.91 Å². The van der Waals surface area contributed by atoms with Crippen molar-refractivity contribution < 1.29 is 62.1 Å². The summed E-state index contributed by atoms with van der Waals surface area (Å²) < 4.78 is 48.7. The Labute approximate surface area is 281 Å². The average Bonchev–Trinajstić information content (AvgIpc) is 3.06. The highest BCUT2D eigenvalue weighted by Gasteiger charge is 2.05. The van der Waals surface area contributed by atoms with Crippen LogP contribution in [-0.2, 0) is 57.0 Å². The Kier molecular flexibility index (Phi) is 37.0. The van der Waals surface area contributed by atoms with Gasteiger partial charge in [-0.15, -0.1) is 0 Å². The van der Waals surface area contributed by atoms with Crippen LogP contribution in [0.25, 0.3) is 0 Å². The lowest BCUT2D eigenvalue weighted by Crippen LogP contribution is -2.25. The van der Waals surface area contributed by atoms with Crippen molar-refractivity contribution in [3.05, 3.63) is 0 Å². The molecule has 0 aliphatic carbocycles. The SMILES string of the molecule is CCCCCCCCCC(=O)OCCOCCOCCOCCOCCOCCOCCOCCOCCCNC(=O)CCC(=O)O. The highest BCUT2D eigenvalue weighted by Crippen LogP contribution is 2.08. The summed E-state index contributed by atoms with van der Waals surface area (Å²) in [7, 11) is 0. The van der Waals surface area contributed by atoms with E-state index in [1.165, 1.54) is 32.1 Å². The second-order valence-corrected chi connectivity index (χ2v) is 10.6. The number of carboxylic acids is 1. The number of carbonyl (C=O) groups excluding carboxylic acids is 2. The lowest BCUT2D eigenvalue weighted by molar-refractivity contribution is -0.145. The van der Waals surface area contributed by atoms with E-state index in [-0.39, 0.29) is 31.3 Å². The maximum Gasteiger partial charge on any atom is 0.305 e. The molecule has 278 valence electrons. The molecule has 0 aromatic heterocycles. The third-order valence-electron chi connectivity index (χ3n) is 6.43. The molecule has 2 N–H and O–H groups in total. The number of rotatable bonds is 39. The second kappa shape index (κ2) is 38.5. The molecular weight excluding hydrogens is 618 g/mol. The first-order valence-corrected chi connectivity index (χ1v) is 17.3. The molecule has 1 amide bonds. The smallest absolute Gasteiger partial charge is 0.305 e. The van der Waals surface area contributed by atoms with Crippen molar-refractivity contribution >= 4 is 17.8 Å². The fourth-order valence-corrected chi connectivity index (χ4v) is 3.87. The Morgan fingerprint density at radius 1 is 0.447 bits per heavy atom. The van der Waals surface area contributed by atoms with Gasteiger partial charge in [-0.2, -0.15) is 0 Å². The molecule has 0 spiro atoms. The number of amides is 1. The first-order valence-electron chi connectivity index (χ1n) is 17.3. The van der Waals surface area contributed by atoms with Crippen LogP contribution in [0.15, 0.2) is 0 Å². The monoisotopic (exact) mass is 681 g/mol. The van der Waals surface area contributed by atoms with E-state index in [1.807, 2.05) is 0 Å². The fourth-order valence-electron chi connectivity index (χ4n) is 3.87. The molecular formula is C33H63NO13. The van der Waals surface area contributed by atoms with E-state index in [9.17, 15) is 14.4 Å². The van der Waals surface area contributed by atoms with Crippen LogP contribution in [0.3, 0.4) is 0 Å². The summed E-state index contributed by atoms with van der Waals surface area (Å²) in [6.07, 6.45) is 9.22. The number of unbranched alkanes of at least 4 members (excludes halogenated alkanes) is 6. The minimum atomic E-state index is -0.983. The Morgan fingerprint density at radius 2 is 0.830 bits per heavy atom. The topological polar surface area (TPSA) is 167 Å². The van der Waals surface area contributed by atoms with Crippen molar-refractivity contribution in [2.24, 2.45) is 0 Å². The Bertz CT molecular complexity index is 699. The van der Waals surface area contributed by atoms with E-state index in [0.29, 0.717) is 125 Å². The minimum Gasteiger partial charge on any atom is -0.481 e. The van der Waals surface area contributed by atoms with Crippen molar-refractivity contribution in [2.45, 2.75) is 77.6 Å². The van der Waals surface area contributed by atoms with Gasteiger partial charge in [0.1, 0.15) is 6.61 Å². The summed E-state index contributed by atoms with van der Waals surface area (Å²) in [6, 6.07) is 0. The Hall–Kier alpha value is -1.91. The van der Waals surface area contributed by atoms with Crippen LogP contribution in [-0.4, -0.2) is 142 Å². The Balaban J connectivity index is 3.14. The zero-order chi connectivity index (χ0) is 34.3. The predicted molar refractivity (Wildman–Crippen MR) is 175 cm³/mol. The highest BCUT2D eigenvalue weighted by molar-refractivity contribution is 5.80. The molecule has 0 atom stereocenters. The number of esters is 1. The molecule has 47 heavy (non-hydrogen) atoms. The first kappa shape index (κ1) is 45.1. The number of nitrogens with one attached hydrogen (secondary N) is 1. The molecule has 14 heteroatoms. The van der Waals surface area contributed by atoms with E-state index >= 15 is 0 Å². The number of aliphatic carboxylic acids is 1. The van der Waals surface area contributed by atoms with Crippen LogP contribution in [0.5, 0.6) is 0 Å². The summed E-state index contributed by atoms with van der Waals surface area (Å²) in [5.74, 6) is -1.40. The number of hydrogen-bond acceptors (Lipinski definition) is 12. The summed E-state index contributed by atoms with van der Waals surface area (Å²) in [4.78, 5) is 33.5. The van der Waals surface area contributed by atoms with Crippen LogP contribution in [0, 0.1) is 0 Å². The van der Waals surface area contributed by atoms with Crippen LogP contribution in [0.4, 0.5) is 0 Å². The summed E-state index contributed by atoms with van der Waals surface area (Å²) in [6.45, 7) is 10.3. The van der Waals surface area contributed by atoms with Gasteiger partial charge in [0, 0.05) is 26.0 Å². The molecule has 0 rings (SSSR count). The van der Waals surface area contributed by atoms with Gasteiger partial charge >= 0.3 is 11.9 Å². The van der Waals surface area contributed by atoms with Gasteiger partial charge in [-0.3, -0.25) is 14.4 Å². The quantitative estimate of drug-likeness (QED) is 0.0718. The number of hydrogen-bond donors (Lipinski definition) is 2. The molecule has 0 saturated heterocycles. The lowest BCUT2D eigenvalue weighted by atomic mass is 10.1. The average molecular weight is 682 g/mol. The van der Waals surface area contributed by atoms with Crippen LogP contribution in [0.2, 0.25) is 0 Å². The first-order chi connectivity index (χ1) is 23.1. The van der Waals surface area contributed by atoms with Gasteiger partial charge in [0.25, 0.3) is 0 Å². The van der Waals surface area contributed by atoms with Crippen molar-refractivity contribution in [2.75, 3.05) is 119 Å². The van der Waals surface area contributed by atoms with E-state index < -0.39 is 5.97 Å². The number of ether oxygens (including phenoxy) is 9. The molecule has 0 saturated carbocycles. The fraction of sp³-hybridized carbons (Fsp3) is 0.909. The van der Waals surface area contributed by atoms with E-state index in [0.717, 1.165) is 12.8 Å². The van der Waals surface area contributed by atoms with Crippen molar-refractivity contribution in [3.8, 4) is 0 Å². The summed E-state index contributed by atoms with van der Waals surface area (Å²) in [5, 5.41) is 11.2. The van der Waals surface area contributed by atoms with Crippen molar-refractivity contribution in [3.63, 3.8) is 0 Å². The van der Waals surface area contributed by atoms with Gasteiger partial charge in [-0.05, 0) is 12.8 Å². The molecule has 0 fully saturated rings. The van der Waals surface area contributed by atoms with E-state index in [1.54, 1.807) is 0 Å². The normalized spacial score (nSPS) is 11.2. The molecule has 14 nitrogen and oxygen atoms in total. The molecule has 0 radical (unpaired) electrons. The van der Waals surface area contributed by atoms with Crippen LogP contribution in [0.1, 0.15) is 77.6 Å². The maximum atomic E-state index is 11.7. The molecule has 0 aliphatic rings. The molecule has 0 aromatic carbocycles. The number of carbonyl (C=O) groups is 3. The van der Waals surface area contributed by atoms with Crippen LogP contribution < -0.4 is 5.32 Å². The third kappa shape index (κ3) is 40.2. The van der Waals surface area contributed by atoms with Gasteiger partial charge < -0.3 is 53.1 Å². The summed E-state index contributed by atoms with van der Waals surface area (Å²) in [5.41, 5.74) is 0. The predicted octanol–water partition coefficient (Wildman–Crippen LogP) is 3.17. The van der Waals surface area contributed by atoms with Crippen molar-refractivity contribution in [1.82, 2.24) is 5.32 Å². The second-order valence-electron chi connectivity index (χ2n) is 10.6. The molecule has 0 bridgehead atoms. The molecule has 0 aliphatic heterocycles. The molecule has 0 heterocycles.